The molecular weight excluding hydrogens is 532 g/mol. The number of hydrogen-bond donors (Lipinski definition) is 3. The molecule has 0 unspecified atom stereocenters. The van der Waals surface area contributed by atoms with Crippen molar-refractivity contribution in [1.29, 1.82) is 0 Å². The minimum Gasteiger partial charge on any atom is -0.390 e. The van der Waals surface area contributed by atoms with Crippen molar-refractivity contribution in [2.24, 2.45) is 0 Å². The van der Waals surface area contributed by atoms with Gasteiger partial charge in [0.05, 0.1) is 29.1 Å². The van der Waals surface area contributed by atoms with Gasteiger partial charge in [0.15, 0.2) is 0 Å². The number of aromatic nitrogens is 1. The van der Waals surface area contributed by atoms with Crippen LogP contribution in [-0.2, 0) is 29.4 Å². The first-order valence-corrected chi connectivity index (χ1v) is 17.0. The first-order chi connectivity index (χ1) is 19.8. The third-order valence-corrected chi connectivity index (χ3v) is 10.6. The highest BCUT2D eigenvalue weighted by molar-refractivity contribution is 7.92. The molecule has 3 N–H and O–H groups in total. The zero-order valence-electron chi connectivity index (χ0n) is 24.6. The molecule has 2 heterocycles. The fourth-order valence-corrected chi connectivity index (χ4v) is 8.01. The highest BCUT2D eigenvalue weighted by Crippen LogP contribution is 2.37. The van der Waals surface area contributed by atoms with E-state index in [0.29, 0.717) is 43.5 Å². The monoisotopic (exact) mass is 578 g/mol. The summed E-state index contributed by atoms with van der Waals surface area (Å²) in [6.07, 6.45) is 10.2. The number of nitrogens with one attached hydrogen (secondary N) is 2. The quantitative estimate of drug-likeness (QED) is 0.274. The van der Waals surface area contributed by atoms with Crippen molar-refractivity contribution >= 4 is 32.3 Å². The van der Waals surface area contributed by atoms with Gasteiger partial charge in [-0.15, -0.1) is 0 Å². The molecule has 2 aromatic carbocycles. The number of aliphatic hydroxyl groups is 1. The Morgan fingerprint density at radius 2 is 1.88 bits per heavy atom. The van der Waals surface area contributed by atoms with Crippen LogP contribution in [0.15, 0.2) is 55.2 Å². The number of nitrogens with zero attached hydrogens (tertiary/aromatic N) is 2. The fourth-order valence-electron chi connectivity index (χ4n) is 6.53. The molecular formula is C33H46N4O3S. The summed E-state index contributed by atoms with van der Waals surface area (Å²) in [6, 6.07) is 14.5. The summed E-state index contributed by atoms with van der Waals surface area (Å²) in [5.74, 6) is 0.0821. The summed E-state index contributed by atoms with van der Waals surface area (Å²) < 4.78 is 30.1. The number of benzene rings is 2. The second-order valence-corrected chi connectivity index (χ2v) is 13.7. The lowest BCUT2D eigenvalue weighted by Gasteiger charge is -2.30. The third-order valence-electron chi connectivity index (χ3n) is 8.73. The van der Waals surface area contributed by atoms with Gasteiger partial charge in [0.25, 0.3) is 0 Å². The second kappa shape index (κ2) is 13.0. The number of hydrogen-bond acceptors (Lipinski definition) is 5. The highest BCUT2D eigenvalue weighted by atomic mass is 32.2. The lowest BCUT2D eigenvalue weighted by Crippen LogP contribution is -2.47. The molecule has 222 valence electrons. The Bertz CT molecular complexity index is 1440. The summed E-state index contributed by atoms with van der Waals surface area (Å²) in [5.41, 5.74) is 5.60. The first kappa shape index (κ1) is 29.7. The molecule has 8 heteroatoms. The molecule has 0 radical (unpaired) electrons. The second-order valence-electron chi connectivity index (χ2n) is 11.7. The van der Waals surface area contributed by atoms with Crippen molar-refractivity contribution in [3.63, 3.8) is 0 Å². The van der Waals surface area contributed by atoms with Crippen LogP contribution in [0.25, 0.3) is 16.6 Å². The standard InChI is InChI=1S/C33H46N4O3S/c1-4-12-26-23-36-17-18-41(39,40)37(5-2)31-21-27(20-29(26)33(31)36)24(3)35-30(19-25-13-8-6-9-14-25)32(38)22-34-28-15-10-7-11-16-28/h6,8-9,13-14,20-21,23,28,30,32,34-35,38H,3-5,7,10-12,15-19,22H2,1-2H3/t30-,32+/m0/s1. The van der Waals surface area contributed by atoms with E-state index in [2.05, 4.69) is 53.1 Å². The number of rotatable bonds is 12. The van der Waals surface area contributed by atoms with Crippen molar-refractivity contribution in [3.8, 4) is 0 Å². The van der Waals surface area contributed by atoms with E-state index >= 15 is 0 Å². The van der Waals surface area contributed by atoms with Gasteiger partial charge >= 0.3 is 0 Å². The maximum Gasteiger partial charge on any atom is 0.236 e. The van der Waals surface area contributed by atoms with Crippen LogP contribution < -0.4 is 14.9 Å². The zero-order valence-corrected chi connectivity index (χ0v) is 25.4. The van der Waals surface area contributed by atoms with Gasteiger partial charge in [-0.25, -0.2) is 8.42 Å². The van der Waals surface area contributed by atoms with Crippen molar-refractivity contribution < 1.29 is 13.5 Å². The van der Waals surface area contributed by atoms with E-state index in [-0.39, 0.29) is 11.8 Å². The van der Waals surface area contributed by atoms with Crippen LogP contribution in [-0.4, -0.2) is 55.1 Å². The van der Waals surface area contributed by atoms with Crippen LogP contribution in [0.2, 0.25) is 0 Å². The van der Waals surface area contributed by atoms with E-state index in [0.717, 1.165) is 47.7 Å². The minimum atomic E-state index is -3.44. The van der Waals surface area contributed by atoms with Crippen molar-refractivity contribution in [3.05, 3.63) is 71.9 Å². The summed E-state index contributed by atoms with van der Waals surface area (Å²) in [7, 11) is -3.44. The summed E-state index contributed by atoms with van der Waals surface area (Å²) in [6.45, 7) is 9.80. The first-order valence-electron chi connectivity index (χ1n) is 15.4. The molecule has 0 saturated heterocycles. The van der Waals surface area contributed by atoms with Gasteiger partial charge in [-0.1, -0.05) is 69.5 Å². The van der Waals surface area contributed by atoms with Gasteiger partial charge in [-0.2, -0.15) is 0 Å². The molecule has 3 aromatic rings. The molecule has 0 amide bonds. The van der Waals surface area contributed by atoms with Crippen molar-refractivity contribution in [1.82, 2.24) is 15.2 Å². The smallest absolute Gasteiger partial charge is 0.236 e. The summed E-state index contributed by atoms with van der Waals surface area (Å²) >= 11 is 0. The van der Waals surface area contributed by atoms with Crippen LogP contribution in [0.5, 0.6) is 0 Å². The molecule has 2 aliphatic rings. The maximum absolute atomic E-state index is 13.2. The van der Waals surface area contributed by atoms with Crippen LogP contribution >= 0.6 is 0 Å². The van der Waals surface area contributed by atoms with Gasteiger partial charge in [0.1, 0.15) is 0 Å². The lowest BCUT2D eigenvalue weighted by atomic mass is 9.94. The molecule has 1 aliphatic heterocycles. The predicted molar refractivity (Wildman–Crippen MR) is 170 cm³/mol. The Kier molecular flexibility index (Phi) is 9.42. The zero-order chi connectivity index (χ0) is 29.0. The van der Waals surface area contributed by atoms with Crippen LogP contribution in [0.1, 0.15) is 69.1 Å². The average molecular weight is 579 g/mol. The molecule has 1 fully saturated rings. The number of anilines is 1. The largest absolute Gasteiger partial charge is 0.390 e. The normalized spacial score (nSPS) is 18.7. The molecule has 0 bridgehead atoms. The van der Waals surface area contributed by atoms with Crippen molar-refractivity contribution in [2.45, 2.75) is 89.9 Å². The van der Waals surface area contributed by atoms with E-state index in [4.69, 9.17) is 0 Å². The molecule has 5 rings (SSSR count). The Morgan fingerprint density at radius 3 is 2.59 bits per heavy atom. The Balaban J connectivity index is 1.46. The van der Waals surface area contributed by atoms with E-state index in [9.17, 15) is 13.5 Å². The van der Waals surface area contributed by atoms with Gasteiger partial charge in [-0.05, 0) is 61.4 Å². The maximum atomic E-state index is 13.2. The van der Waals surface area contributed by atoms with Gasteiger partial charge < -0.3 is 20.3 Å². The van der Waals surface area contributed by atoms with Crippen LogP contribution in [0.3, 0.4) is 0 Å². The molecule has 2 atom stereocenters. The number of aliphatic hydroxyl groups excluding tert-OH is 1. The van der Waals surface area contributed by atoms with Gasteiger partial charge in [0.2, 0.25) is 10.0 Å². The van der Waals surface area contributed by atoms with E-state index < -0.39 is 16.1 Å². The van der Waals surface area contributed by atoms with E-state index in [1.165, 1.54) is 24.8 Å². The van der Waals surface area contributed by atoms with Crippen LogP contribution in [0.4, 0.5) is 5.69 Å². The Labute approximate surface area is 245 Å². The molecule has 0 spiro atoms. The lowest BCUT2D eigenvalue weighted by molar-refractivity contribution is 0.126. The molecule has 7 nitrogen and oxygen atoms in total. The molecule has 1 saturated carbocycles. The Hall–Kier alpha value is -2.81. The molecule has 41 heavy (non-hydrogen) atoms. The van der Waals surface area contributed by atoms with Crippen LogP contribution in [0, 0.1) is 0 Å². The Morgan fingerprint density at radius 1 is 1.12 bits per heavy atom. The van der Waals surface area contributed by atoms with Gasteiger partial charge in [-0.3, -0.25) is 4.31 Å². The SMILES string of the molecule is C=C(N[C@@H](Cc1ccccc1)[C@H](O)CNC1CCCCC1)c1cc2c3c(c1)c(CCC)cn3CCS(=O)(=O)N2CC. The third kappa shape index (κ3) is 6.65. The average Bonchev–Trinajstić information content (AvgIpc) is 3.28. The fraction of sp³-hybridized carbons (Fsp3) is 0.515. The summed E-state index contributed by atoms with van der Waals surface area (Å²) in [5, 5.41) is 19.7. The molecule has 1 aliphatic carbocycles. The predicted octanol–water partition coefficient (Wildman–Crippen LogP) is 5.22. The van der Waals surface area contributed by atoms with Gasteiger partial charge in [0, 0.05) is 43.0 Å². The van der Waals surface area contributed by atoms with E-state index in [1.807, 2.05) is 31.2 Å². The number of aryl methyl sites for hydroxylation is 2. The highest BCUT2D eigenvalue weighted by Gasteiger charge is 2.30. The number of sulfonamides is 1. The summed E-state index contributed by atoms with van der Waals surface area (Å²) in [4.78, 5) is 0. The molecule has 1 aromatic heterocycles. The van der Waals surface area contributed by atoms with Crippen molar-refractivity contribution in [2.75, 3.05) is 23.1 Å². The topological polar surface area (TPSA) is 86.6 Å². The minimum absolute atomic E-state index is 0.0821. The van der Waals surface area contributed by atoms with E-state index in [1.54, 1.807) is 4.31 Å².